The maximum Gasteiger partial charge on any atom is 0.321 e. The van der Waals surface area contributed by atoms with Crippen molar-refractivity contribution >= 4 is 17.9 Å². The van der Waals surface area contributed by atoms with E-state index in [0.29, 0.717) is 5.56 Å². The second-order valence-corrected chi connectivity index (χ2v) is 5.09. The van der Waals surface area contributed by atoms with E-state index in [2.05, 4.69) is 10.6 Å². The zero-order chi connectivity index (χ0) is 16.7. The molecule has 120 valence electrons. The summed E-state index contributed by atoms with van der Waals surface area (Å²) in [6.45, 7) is 4.89. The lowest BCUT2D eigenvalue weighted by atomic mass is 10.1. The van der Waals surface area contributed by atoms with Gasteiger partial charge in [0.25, 0.3) is 5.91 Å². The van der Waals surface area contributed by atoms with Crippen LogP contribution in [0.3, 0.4) is 0 Å². The molecule has 0 aliphatic rings. The Labute approximate surface area is 128 Å². The number of carbonyl (C=O) groups is 3. The molecule has 0 saturated heterocycles. The highest BCUT2D eigenvalue weighted by molar-refractivity contribution is 5.97. The van der Waals surface area contributed by atoms with E-state index in [-0.39, 0.29) is 18.2 Å². The van der Waals surface area contributed by atoms with Gasteiger partial charge in [0.15, 0.2) is 6.10 Å². The van der Waals surface area contributed by atoms with Crippen molar-refractivity contribution in [3.8, 4) is 5.75 Å². The lowest BCUT2D eigenvalue weighted by Crippen LogP contribution is -2.46. The first-order valence-electron chi connectivity index (χ1n) is 6.86. The molecule has 0 saturated carbocycles. The van der Waals surface area contributed by atoms with Crippen molar-refractivity contribution in [3.05, 3.63) is 29.8 Å². The number of esters is 1. The molecule has 0 fully saturated rings. The van der Waals surface area contributed by atoms with Gasteiger partial charge in [-0.25, -0.2) is 4.79 Å². The number of phenolic OH excluding ortho intramolecular Hbond substituents is 1. The van der Waals surface area contributed by atoms with Gasteiger partial charge in [-0.1, -0.05) is 12.1 Å². The molecule has 0 aliphatic heterocycles. The first-order valence-corrected chi connectivity index (χ1v) is 6.86. The Bertz CT molecular complexity index is 539. The number of hydrogen-bond acceptors (Lipinski definition) is 5. The van der Waals surface area contributed by atoms with Crippen LogP contribution in [0.1, 0.15) is 26.3 Å². The molecule has 0 spiro atoms. The minimum Gasteiger partial charge on any atom is -0.508 e. The molecule has 22 heavy (non-hydrogen) atoms. The normalized spacial score (nSPS) is 11.6. The first kappa shape index (κ1) is 17.5. The molecule has 0 bridgehead atoms. The molecule has 7 nitrogen and oxygen atoms in total. The zero-order valence-electron chi connectivity index (χ0n) is 12.8. The number of aromatic hydroxyl groups is 1. The van der Waals surface area contributed by atoms with Crippen LogP contribution in [0.4, 0.5) is 4.79 Å². The Balaban J connectivity index is 2.44. The van der Waals surface area contributed by atoms with Crippen molar-refractivity contribution in [2.75, 3.05) is 0 Å². The third-order valence-corrected chi connectivity index (χ3v) is 2.62. The number of urea groups is 1. The van der Waals surface area contributed by atoms with E-state index in [1.165, 1.54) is 19.1 Å². The van der Waals surface area contributed by atoms with E-state index in [1.54, 1.807) is 26.0 Å². The monoisotopic (exact) mass is 308 g/mol. The van der Waals surface area contributed by atoms with Gasteiger partial charge < -0.3 is 15.2 Å². The number of amides is 3. The molecule has 0 radical (unpaired) electrons. The summed E-state index contributed by atoms with van der Waals surface area (Å²) in [5, 5.41) is 13.7. The molecule has 1 atom stereocenters. The van der Waals surface area contributed by atoms with E-state index in [0.717, 1.165) is 0 Å². The number of phenols is 1. The number of imide groups is 1. The molecule has 1 rings (SSSR count). The van der Waals surface area contributed by atoms with Gasteiger partial charge in [0.2, 0.25) is 0 Å². The van der Waals surface area contributed by atoms with Crippen LogP contribution in [-0.2, 0) is 20.7 Å². The molecule has 0 aromatic heterocycles. The van der Waals surface area contributed by atoms with E-state index in [9.17, 15) is 14.4 Å². The molecular formula is C15H20N2O5. The minimum absolute atomic E-state index is 0.0317. The molecular weight excluding hydrogens is 288 g/mol. The fourth-order valence-corrected chi connectivity index (χ4v) is 1.58. The lowest BCUT2D eigenvalue weighted by molar-refractivity contribution is -0.153. The number of benzene rings is 1. The number of carbonyl (C=O) groups excluding carboxylic acids is 3. The fourth-order valence-electron chi connectivity index (χ4n) is 1.58. The largest absolute Gasteiger partial charge is 0.508 e. The first-order chi connectivity index (χ1) is 10.3. The standard InChI is InChI=1S/C15H20N2O5/c1-9(2)16-15(21)17-14(20)10(3)22-13(19)8-11-4-6-12(18)7-5-11/h4-7,9-10,18H,8H2,1-3H3,(H2,16,17,20,21)/t10-/m1/s1. The van der Waals surface area contributed by atoms with Crippen molar-refractivity contribution in [2.45, 2.75) is 39.3 Å². The van der Waals surface area contributed by atoms with Crippen LogP contribution in [-0.4, -0.2) is 35.2 Å². The zero-order valence-corrected chi connectivity index (χ0v) is 12.8. The highest BCUT2D eigenvalue weighted by atomic mass is 16.5. The summed E-state index contributed by atoms with van der Waals surface area (Å²) in [4.78, 5) is 34.8. The predicted octanol–water partition coefficient (Wildman–Crippen LogP) is 1.10. The Morgan fingerprint density at radius 3 is 2.27 bits per heavy atom. The van der Waals surface area contributed by atoms with Crippen LogP contribution in [0.2, 0.25) is 0 Å². The van der Waals surface area contributed by atoms with Crippen molar-refractivity contribution in [2.24, 2.45) is 0 Å². The van der Waals surface area contributed by atoms with Gasteiger partial charge in [0.1, 0.15) is 5.75 Å². The summed E-state index contributed by atoms with van der Waals surface area (Å²) >= 11 is 0. The van der Waals surface area contributed by atoms with E-state index < -0.39 is 24.0 Å². The van der Waals surface area contributed by atoms with Crippen LogP contribution in [0.15, 0.2) is 24.3 Å². The summed E-state index contributed by atoms with van der Waals surface area (Å²) in [5.74, 6) is -1.20. The average Bonchev–Trinajstić information content (AvgIpc) is 2.40. The maximum atomic E-state index is 11.7. The van der Waals surface area contributed by atoms with Gasteiger partial charge in [-0.05, 0) is 38.5 Å². The SMILES string of the molecule is CC(C)NC(=O)NC(=O)[C@@H](C)OC(=O)Cc1ccc(O)cc1. The minimum atomic E-state index is -1.08. The summed E-state index contributed by atoms with van der Waals surface area (Å²) in [6.07, 6.45) is -1.11. The molecule has 3 N–H and O–H groups in total. The summed E-state index contributed by atoms with van der Waals surface area (Å²) in [5.41, 5.74) is 0.646. The Morgan fingerprint density at radius 2 is 1.73 bits per heavy atom. The van der Waals surface area contributed by atoms with Gasteiger partial charge in [-0.2, -0.15) is 0 Å². The smallest absolute Gasteiger partial charge is 0.321 e. The van der Waals surface area contributed by atoms with Crippen LogP contribution in [0.25, 0.3) is 0 Å². The summed E-state index contributed by atoms with van der Waals surface area (Å²) in [7, 11) is 0. The third-order valence-electron chi connectivity index (χ3n) is 2.62. The number of rotatable bonds is 5. The molecule has 0 aliphatic carbocycles. The lowest BCUT2D eigenvalue weighted by Gasteiger charge is -2.14. The van der Waals surface area contributed by atoms with Gasteiger partial charge in [0, 0.05) is 6.04 Å². The van der Waals surface area contributed by atoms with Gasteiger partial charge in [-0.15, -0.1) is 0 Å². The number of hydrogen-bond donors (Lipinski definition) is 3. The third kappa shape index (κ3) is 6.25. The second kappa shape index (κ2) is 8.02. The van der Waals surface area contributed by atoms with Gasteiger partial charge >= 0.3 is 12.0 Å². The summed E-state index contributed by atoms with van der Waals surface area (Å²) in [6, 6.07) is 5.32. The molecule has 1 aromatic rings. The van der Waals surface area contributed by atoms with Crippen LogP contribution in [0.5, 0.6) is 5.75 Å². The predicted molar refractivity (Wildman–Crippen MR) is 79.2 cm³/mol. The van der Waals surface area contributed by atoms with Crippen LogP contribution in [0, 0.1) is 0 Å². The van der Waals surface area contributed by atoms with Gasteiger partial charge in [-0.3, -0.25) is 14.9 Å². The topological polar surface area (TPSA) is 105 Å². The maximum absolute atomic E-state index is 11.7. The van der Waals surface area contributed by atoms with E-state index in [4.69, 9.17) is 9.84 Å². The van der Waals surface area contributed by atoms with Crippen LogP contribution >= 0.6 is 0 Å². The van der Waals surface area contributed by atoms with Crippen molar-refractivity contribution < 1.29 is 24.2 Å². The van der Waals surface area contributed by atoms with E-state index >= 15 is 0 Å². The van der Waals surface area contributed by atoms with Gasteiger partial charge in [0.05, 0.1) is 6.42 Å². The average molecular weight is 308 g/mol. The summed E-state index contributed by atoms with van der Waals surface area (Å²) < 4.78 is 4.96. The highest BCUT2D eigenvalue weighted by Gasteiger charge is 2.20. The van der Waals surface area contributed by atoms with Crippen molar-refractivity contribution in [3.63, 3.8) is 0 Å². The molecule has 7 heteroatoms. The Hall–Kier alpha value is -2.57. The van der Waals surface area contributed by atoms with Crippen molar-refractivity contribution in [1.29, 1.82) is 0 Å². The molecule has 3 amide bonds. The number of nitrogens with one attached hydrogen (secondary N) is 2. The Morgan fingerprint density at radius 1 is 1.14 bits per heavy atom. The highest BCUT2D eigenvalue weighted by Crippen LogP contribution is 2.10. The second-order valence-electron chi connectivity index (χ2n) is 5.09. The van der Waals surface area contributed by atoms with E-state index in [1.807, 2.05) is 0 Å². The number of ether oxygens (including phenoxy) is 1. The Kier molecular flexibility index (Phi) is 6.37. The molecule has 0 unspecified atom stereocenters. The molecule has 0 heterocycles. The fraction of sp³-hybridized carbons (Fsp3) is 0.400. The molecule has 1 aromatic carbocycles. The quantitative estimate of drug-likeness (QED) is 0.707. The van der Waals surface area contributed by atoms with Crippen LogP contribution < -0.4 is 10.6 Å². The van der Waals surface area contributed by atoms with Crippen molar-refractivity contribution in [1.82, 2.24) is 10.6 Å².